The van der Waals surface area contributed by atoms with Crippen molar-refractivity contribution in [2.45, 2.75) is 63.8 Å². The molecule has 160 valence electrons. The smallest absolute Gasteiger partial charge is 0.123 e. The average Bonchev–Trinajstić information content (AvgIpc) is 2.77. The summed E-state index contributed by atoms with van der Waals surface area (Å²) in [5, 5.41) is 3.68. The minimum absolute atomic E-state index is 0.129. The zero-order valence-corrected chi connectivity index (χ0v) is 19.1. The number of benzene rings is 1. The largest absolute Gasteiger partial charge is 0.376 e. The molecule has 1 aliphatic carbocycles. The Kier molecular flexibility index (Phi) is 7.65. The minimum Gasteiger partial charge on any atom is -0.376 e. The summed E-state index contributed by atoms with van der Waals surface area (Å²) in [5.41, 5.74) is 2.55. The van der Waals surface area contributed by atoms with Crippen LogP contribution in [-0.4, -0.2) is 48.7 Å². The number of nitrogens with one attached hydrogen (secondary N) is 1. The predicted octanol–water partition coefficient (Wildman–Crippen LogP) is 5.31. The predicted molar refractivity (Wildman–Crippen MR) is 121 cm³/mol. The van der Waals surface area contributed by atoms with Crippen molar-refractivity contribution in [3.63, 3.8) is 0 Å². The van der Waals surface area contributed by atoms with E-state index in [0.717, 1.165) is 48.7 Å². The molecule has 5 heteroatoms. The summed E-state index contributed by atoms with van der Waals surface area (Å²) in [4.78, 5) is 5.23. The maximum atomic E-state index is 13.5. The maximum Gasteiger partial charge on any atom is 0.123 e. The molecule has 0 unspecified atom stereocenters. The number of likely N-dealkylation sites (tertiary alicyclic amines) is 1. The Morgan fingerprint density at radius 3 is 2.59 bits per heavy atom. The highest BCUT2D eigenvalue weighted by Gasteiger charge is 2.23. The van der Waals surface area contributed by atoms with Crippen molar-refractivity contribution in [2.24, 2.45) is 5.92 Å². The van der Waals surface area contributed by atoms with Gasteiger partial charge in [0, 0.05) is 29.3 Å². The van der Waals surface area contributed by atoms with Crippen LogP contribution in [0.4, 0.5) is 4.39 Å². The van der Waals surface area contributed by atoms with Crippen molar-refractivity contribution in [3.05, 3.63) is 45.8 Å². The van der Waals surface area contributed by atoms with Crippen LogP contribution in [0.2, 0.25) is 0 Å². The number of rotatable bonds is 6. The molecule has 0 spiro atoms. The Morgan fingerprint density at radius 1 is 1.07 bits per heavy atom. The molecular formula is C24H35BrFN3. The molecule has 29 heavy (non-hydrogen) atoms. The van der Waals surface area contributed by atoms with Crippen molar-refractivity contribution in [1.82, 2.24) is 15.1 Å². The normalized spacial score (nSPS) is 23.0. The molecule has 0 amide bonds. The van der Waals surface area contributed by atoms with E-state index in [-0.39, 0.29) is 5.82 Å². The fourth-order valence-corrected chi connectivity index (χ4v) is 5.59. The Hall–Kier alpha value is -0.910. The molecule has 0 radical (unpaired) electrons. The monoisotopic (exact) mass is 463 g/mol. The van der Waals surface area contributed by atoms with E-state index >= 15 is 0 Å². The first-order valence-electron chi connectivity index (χ1n) is 11.5. The first-order valence-corrected chi connectivity index (χ1v) is 12.3. The van der Waals surface area contributed by atoms with Gasteiger partial charge in [-0.25, -0.2) is 4.39 Å². The molecule has 3 aliphatic rings. The minimum atomic E-state index is -0.129. The number of hydrogen-bond donors (Lipinski definition) is 1. The second-order valence-electron chi connectivity index (χ2n) is 9.10. The first-order chi connectivity index (χ1) is 14.2. The summed E-state index contributed by atoms with van der Waals surface area (Å²) < 4.78 is 14.6. The van der Waals surface area contributed by atoms with Gasteiger partial charge in [-0.2, -0.15) is 0 Å². The van der Waals surface area contributed by atoms with Gasteiger partial charge in [-0.1, -0.05) is 41.3 Å². The Balaban J connectivity index is 1.17. The third-order valence-corrected chi connectivity index (χ3v) is 7.87. The summed E-state index contributed by atoms with van der Waals surface area (Å²) in [6.45, 7) is 5.63. The number of piperidine rings is 1. The van der Waals surface area contributed by atoms with E-state index in [1.165, 1.54) is 69.8 Å². The SMILES string of the molecule is Fc1ccc(Br)c(CC2CCN(CCC3=CCN(C4CCCCC4)CN3)CC2)c1. The molecule has 1 N–H and O–H groups in total. The van der Waals surface area contributed by atoms with Gasteiger partial charge in [0.25, 0.3) is 0 Å². The summed E-state index contributed by atoms with van der Waals surface area (Å²) in [6, 6.07) is 5.85. The molecule has 2 fully saturated rings. The van der Waals surface area contributed by atoms with Crippen LogP contribution < -0.4 is 5.32 Å². The lowest BCUT2D eigenvalue weighted by atomic mass is 9.90. The molecule has 1 aromatic rings. The van der Waals surface area contributed by atoms with E-state index < -0.39 is 0 Å². The lowest BCUT2D eigenvalue weighted by Crippen LogP contribution is -2.46. The van der Waals surface area contributed by atoms with E-state index in [0.29, 0.717) is 5.92 Å². The highest BCUT2D eigenvalue weighted by atomic mass is 79.9. The fraction of sp³-hybridized carbons (Fsp3) is 0.667. The first kappa shape index (κ1) is 21.3. The third kappa shape index (κ3) is 6.05. The molecule has 1 saturated heterocycles. The van der Waals surface area contributed by atoms with Gasteiger partial charge in [0.05, 0.1) is 6.67 Å². The van der Waals surface area contributed by atoms with Crippen LogP contribution in [0, 0.1) is 11.7 Å². The topological polar surface area (TPSA) is 18.5 Å². The Labute approximate surface area is 183 Å². The molecule has 3 nitrogen and oxygen atoms in total. The van der Waals surface area contributed by atoms with Crippen LogP contribution in [0.5, 0.6) is 0 Å². The zero-order chi connectivity index (χ0) is 20.1. The number of hydrogen-bond acceptors (Lipinski definition) is 3. The maximum absolute atomic E-state index is 13.5. The van der Waals surface area contributed by atoms with Gasteiger partial charge in [-0.05, 0) is 81.3 Å². The van der Waals surface area contributed by atoms with Crippen molar-refractivity contribution >= 4 is 15.9 Å². The highest BCUT2D eigenvalue weighted by molar-refractivity contribution is 9.10. The van der Waals surface area contributed by atoms with Crippen LogP contribution >= 0.6 is 15.9 Å². The number of halogens is 2. The van der Waals surface area contributed by atoms with Crippen LogP contribution in [-0.2, 0) is 6.42 Å². The van der Waals surface area contributed by atoms with Crippen molar-refractivity contribution in [2.75, 3.05) is 32.8 Å². The average molecular weight is 464 g/mol. The van der Waals surface area contributed by atoms with E-state index in [4.69, 9.17) is 0 Å². The molecule has 0 bridgehead atoms. The molecule has 0 atom stereocenters. The molecule has 0 aromatic heterocycles. The van der Waals surface area contributed by atoms with Crippen molar-refractivity contribution < 1.29 is 4.39 Å². The van der Waals surface area contributed by atoms with Crippen LogP contribution in [0.1, 0.15) is 56.9 Å². The summed E-state index contributed by atoms with van der Waals surface area (Å²) >= 11 is 3.57. The van der Waals surface area contributed by atoms with E-state index in [1.807, 2.05) is 6.07 Å². The third-order valence-electron chi connectivity index (χ3n) is 7.09. The molecule has 2 heterocycles. The Morgan fingerprint density at radius 2 is 1.86 bits per heavy atom. The molecule has 1 aromatic carbocycles. The van der Waals surface area contributed by atoms with Crippen LogP contribution in [0.15, 0.2) is 34.4 Å². The van der Waals surface area contributed by atoms with Gasteiger partial charge in [0.15, 0.2) is 0 Å². The molecular weight excluding hydrogens is 429 g/mol. The van der Waals surface area contributed by atoms with E-state index in [9.17, 15) is 4.39 Å². The van der Waals surface area contributed by atoms with E-state index in [2.05, 4.69) is 37.1 Å². The van der Waals surface area contributed by atoms with E-state index in [1.54, 1.807) is 6.07 Å². The number of nitrogens with zero attached hydrogens (tertiary/aromatic N) is 2. The van der Waals surface area contributed by atoms with Crippen molar-refractivity contribution in [3.8, 4) is 0 Å². The van der Waals surface area contributed by atoms with Gasteiger partial charge in [-0.15, -0.1) is 0 Å². The van der Waals surface area contributed by atoms with Gasteiger partial charge in [0.1, 0.15) is 5.82 Å². The van der Waals surface area contributed by atoms with Gasteiger partial charge >= 0.3 is 0 Å². The lowest BCUT2D eigenvalue weighted by molar-refractivity contribution is 0.152. The Bertz CT molecular complexity index is 693. The molecule has 2 aliphatic heterocycles. The lowest BCUT2D eigenvalue weighted by Gasteiger charge is -2.37. The van der Waals surface area contributed by atoms with Crippen LogP contribution in [0.25, 0.3) is 0 Å². The highest BCUT2D eigenvalue weighted by Crippen LogP contribution is 2.27. The quantitative estimate of drug-likeness (QED) is 0.616. The fourth-order valence-electron chi connectivity index (χ4n) is 5.19. The van der Waals surface area contributed by atoms with Crippen molar-refractivity contribution in [1.29, 1.82) is 0 Å². The van der Waals surface area contributed by atoms with Gasteiger partial charge in [0.2, 0.25) is 0 Å². The van der Waals surface area contributed by atoms with Gasteiger partial charge < -0.3 is 10.2 Å². The second-order valence-corrected chi connectivity index (χ2v) is 9.96. The molecule has 4 rings (SSSR count). The summed E-state index contributed by atoms with van der Waals surface area (Å²) in [7, 11) is 0. The molecule has 1 saturated carbocycles. The zero-order valence-electron chi connectivity index (χ0n) is 17.5. The standard InChI is InChI=1S/C24H35BrFN3/c25-24-7-6-21(26)17-20(24)16-19-8-12-28(13-9-19)14-10-22-11-15-29(18-27-22)23-4-2-1-3-5-23/h6-7,11,17,19,23,27H,1-5,8-10,12-16,18H2. The van der Waals surface area contributed by atoms with Gasteiger partial charge in [-0.3, -0.25) is 4.90 Å². The summed E-state index contributed by atoms with van der Waals surface area (Å²) in [6.07, 6.45) is 14.0. The second kappa shape index (κ2) is 10.4. The van der Waals surface area contributed by atoms with Crippen LogP contribution in [0.3, 0.4) is 0 Å². The summed E-state index contributed by atoms with van der Waals surface area (Å²) in [5.74, 6) is 0.538.